The second-order valence-electron chi connectivity index (χ2n) is 9.22. The van der Waals surface area contributed by atoms with Crippen LogP contribution in [0.25, 0.3) is 11.4 Å². The Kier molecular flexibility index (Phi) is 6.97. The number of aromatic amines is 1. The number of nitrogens with zero attached hydrogens (tertiary/aromatic N) is 3. The lowest BCUT2D eigenvalue weighted by Gasteiger charge is -2.37. The predicted molar refractivity (Wildman–Crippen MR) is 117 cm³/mol. The summed E-state index contributed by atoms with van der Waals surface area (Å²) in [7, 11) is 0. The van der Waals surface area contributed by atoms with Gasteiger partial charge in [0, 0.05) is 5.56 Å². The van der Waals surface area contributed by atoms with Crippen LogP contribution in [-0.4, -0.2) is 38.3 Å². The number of nitriles is 1. The van der Waals surface area contributed by atoms with Gasteiger partial charge in [-0.15, -0.1) is 0 Å². The molecule has 0 aliphatic heterocycles. The fourth-order valence-corrected chi connectivity index (χ4v) is 4.82. The van der Waals surface area contributed by atoms with Crippen molar-refractivity contribution in [3.63, 3.8) is 0 Å². The SMILES string of the molecule is Cc1ccc(C)c(-c2n[nH]c(C(C(=O)OC3C(C)CC(C)CC3C)C(C#N)C(=O)O)n2)c1. The molecule has 1 heterocycles. The Labute approximate surface area is 188 Å². The van der Waals surface area contributed by atoms with Crippen molar-refractivity contribution in [3.8, 4) is 17.5 Å². The van der Waals surface area contributed by atoms with Gasteiger partial charge in [0.15, 0.2) is 11.7 Å². The fourth-order valence-electron chi connectivity index (χ4n) is 4.82. The number of hydrogen-bond donors (Lipinski definition) is 2. The number of ether oxygens (including phenoxy) is 1. The van der Waals surface area contributed by atoms with Crippen molar-refractivity contribution in [2.45, 2.75) is 59.5 Å². The molecule has 8 nitrogen and oxygen atoms in total. The molecule has 1 fully saturated rings. The third-order valence-corrected chi connectivity index (χ3v) is 6.35. The van der Waals surface area contributed by atoms with Gasteiger partial charge in [-0.3, -0.25) is 14.7 Å². The molecule has 0 radical (unpaired) electrons. The monoisotopic (exact) mass is 438 g/mol. The number of carbonyl (C=O) groups is 2. The van der Waals surface area contributed by atoms with E-state index < -0.39 is 23.8 Å². The van der Waals surface area contributed by atoms with E-state index in [9.17, 15) is 20.0 Å². The lowest BCUT2D eigenvalue weighted by molar-refractivity contribution is -0.163. The van der Waals surface area contributed by atoms with Crippen LogP contribution < -0.4 is 0 Å². The van der Waals surface area contributed by atoms with Gasteiger partial charge in [-0.1, -0.05) is 38.5 Å². The van der Waals surface area contributed by atoms with Crippen LogP contribution in [0.4, 0.5) is 0 Å². The average molecular weight is 439 g/mol. The van der Waals surface area contributed by atoms with Crippen molar-refractivity contribution >= 4 is 11.9 Å². The third-order valence-electron chi connectivity index (χ3n) is 6.35. The number of H-pyrrole nitrogens is 1. The van der Waals surface area contributed by atoms with Gasteiger partial charge in [0.1, 0.15) is 17.8 Å². The number of aryl methyl sites for hydroxylation is 2. The number of carboxylic acid groups (broad SMARTS) is 1. The van der Waals surface area contributed by atoms with E-state index >= 15 is 0 Å². The summed E-state index contributed by atoms with van der Waals surface area (Å²) in [6.45, 7) is 10.1. The second kappa shape index (κ2) is 9.51. The molecule has 1 saturated carbocycles. The normalized spacial score (nSPS) is 24.9. The van der Waals surface area contributed by atoms with Crippen molar-refractivity contribution in [2.75, 3.05) is 0 Å². The van der Waals surface area contributed by atoms with Crippen molar-refractivity contribution in [1.82, 2.24) is 15.2 Å². The summed E-state index contributed by atoms with van der Waals surface area (Å²) in [6.07, 6.45) is 1.51. The maximum absolute atomic E-state index is 13.2. The summed E-state index contributed by atoms with van der Waals surface area (Å²) in [6, 6.07) is 7.55. The highest BCUT2D eigenvalue weighted by molar-refractivity contribution is 5.86. The van der Waals surface area contributed by atoms with Gasteiger partial charge in [-0.05, 0) is 56.1 Å². The zero-order chi connectivity index (χ0) is 23.6. The van der Waals surface area contributed by atoms with E-state index in [1.807, 2.05) is 45.9 Å². The molecule has 2 aromatic rings. The fraction of sp³-hybridized carbons (Fsp3) is 0.542. The highest BCUT2D eigenvalue weighted by Crippen LogP contribution is 2.37. The van der Waals surface area contributed by atoms with Crippen LogP contribution in [0.2, 0.25) is 0 Å². The maximum atomic E-state index is 13.2. The minimum Gasteiger partial charge on any atom is -0.480 e. The molecule has 1 aliphatic rings. The van der Waals surface area contributed by atoms with E-state index in [-0.39, 0.29) is 23.8 Å². The van der Waals surface area contributed by atoms with Crippen LogP contribution in [0.3, 0.4) is 0 Å². The molecule has 1 aromatic carbocycles. The van der Waals surface area contributed by atoms with Crippen LogP contribution in [0, 0.1) is 48.9 Å². The Balaban J connectivity index is 1.94. The number of esters is 1. The molecule has 8 heteroatoms. The van der Waals surface area contributed by atoms with E-state index in [4.69, 9.17) is 4.74 Å². The number of aromatic nitrogens is 3. The van der Waals surface area contributed by atoms with Gasteiger partial charge in [0.05, 0.1) is 6.07 Å². The standard InChI is InChI=1S/C24H30N4O4/c1-12-6-7-14(3)17(10-12)21-26-22(28-27-21)19(18(11-25)23(29)30)24(31)32-20-15(4)8-13(2)9-16(20)5/h6-7,10,13,15-16,18-20H,8-9H2,1-5H3,(H,29,30)(H,26,27,28). The number of nitrogens with one attached hydrogen (secondary N) is 1. The second-order valence-corrected chi connectivity index (χ2v) is 9.22. The van der Waals surface area contributed by atoms with E-state index in [1.165, 1.54) is 0 Å². The first kappa shape index (κ1) is 23.5. The Hall–Kier alpha value is -3.21. The van der Waals surface area contributed by atoms with Gasteiger partial charge in [-0.2, -0.15) is 10.4 Å². The van der Waals surface area contributed by atoms with Crippen LogP contribution in [0.1, 0.15) is 56.5 Å². The zero-order valence-electron chi connectivity index (χ0n) is 19.1. The van der Waals surface area contributed by atoms with Crippen molar-refractivity contribution in [3.05, 3.63) is 35.2 Å². The zero-order valence-corrected chi connectivity index (χ0v) is 19.1. The molecule has 170 valence electrons. The molecule has 1 aromatic heterocycles. The molecule has 0 spiro atoms. The van der Waals surface area contributed by atoms with Crippen LogP contribution in [0.5, 0.6) is 0 Å². The lowest BCUT2D eigenvalue weighted by atomic mass is 9.75. The van der Waals surface area contributed by atoms with Crippen LogP contribution >= 0.6 is 0 Å². The highest BCUT2D eigenvalue weighted by Gasteiger charge is 2.42. The number of carbonyl (C=O) groups excluding carboxylic acids is 1. The smallest absolute Gasteiger partial charge is 0.322 e. The molecule has 1 aliphatic carbocycles. The molecule has 0 saturated heterocycles. The topological polar surface area (TPSA) is 129 Å². The summed E-state index contributed by atoms with van der Waals surface area (Å²) in [5.74, 6) is -4.03. The number of hydrogen-bond acceptors (Lipinski definition) is 6. The van der Waals surface area contributed by atoms with Gasteiger partial charge < -0.3 is 9.84 Å². The molecule has 4 atom stereocenters. The predicted octanol–water partition coefficient (Wildman–Crippen LogP) is 4.01. The van der Waals surface area contributed by atoms with Crippen LogP contribution in [0.15, 0.2) is 18.2 Å². The molecule has 0 bridgehead atoms. The first-order valence-electron chi connectivity index (χ1n) is 10.9. The molecule has 32 heavy (non-hydrogen) atoms. The Bertz CT molecular complexity index is 1030. The number of rotatable bonds is 6. The minimum absolute atomic E-state index is 0.0179. The number of carboxylic acids is 1. The van der Waals surface area contributed by atoms with Gasteiger partial charge >= 0.3 is 11.9 Å². The molecule has 3 rings (SSSR count). The first-order chi connectivity index (χ1) is 15.1. The number of benzene rings is 1. The summed E-state index contributed by atoms with van der Waals surface area (Å²) >= 11 is 0. The molecule has 4 unspecified atom stereocenters. The molecule has 2 N–H and O–H groups in total. The Morgan fingerprint density at radius 2 is 1.88 bits per heavy atom. The van der Waals surface area contributed by atoms with E-state index in [0.717, 1.165) is 29.5 Å². The largest absolute Gasteiger partial charge is 0.480 e. The van der Waals surface area contributed by atoms with Gasteiger partial charge in [0.25, 0.3) is 0 Å². The summed E-state index contributed by atoms with van der Waals surface area (Å²) in [4.78, 5) is 29.4. The molecular weight excluding hydrogens is 408 g/mol. The number of aliphatic carboxylic acids is 1. The Morgan fingerprint density at radius 3 is 2.47 bits per heavy atom. The van der Waals surface area contributed by atoms with Gasteiger partial charge in [0.2, 0.25) is 0 Å². The van der Waals surface area contributed by atoms with Crippen molar-refractivity contribution in [2.24, 2.45) is 23.7 Å². The molecule has 0 amide bonds. The van der Waals surface area contributed by atoms with Crippen molar-refractivity contribution in [1.29, 1.82) is 5.26 Å². The summed E-state index contributed by atoms with van der Waals surface area (Å²) in [5.41, 5.74) is 2.73. The molecular formula is C24H30N4O4. The van der Waals surface area contributed by atoms with Gasteiger partial charge in [-0.25, -0.2) is 4.98 Å². The first-order valence-corrected chi connectivity index (χ1v) is 10.9. The van der Waals surface area contributed by atoms with Crippen molar-refractivity contribution < 1.29 is 19.4 Å². The van der Waals surface area contributed by atoms with E-state index in [0.29, 0.717) is 11.7 Å². The highest BCUT2D eigenvalue weighted by atomic mass is 16.5. The quantitative estimate of drug-likeness (QED) is 0.652. The maximum Gasteiger partial charge on any atom is 0.322 e. The lowest BCUT2D eigenvalue weighted by Crippen LogP contribution is -2.40. The van der Waals surface area contributed by atoms with E-state index in [1.54, 1.807) is 6.07 Å². The van der Waals surface area contributed by atoms with E-state index in [2.05, 4.69) is 22.1 Å². The Morgan fingerprint density at radius 1 is 1.22 bits per heavy atom. The summed E-state index contributed by atoms with van der Waals surface area (Å²) in [5, 5.41) is 26.0. The van der Waals surface area contributed by atoms with Crippen LogP contribution in [-0.2, 0) is 14.3 Å². The minimum atomic E-state index is -1.64. The average Bonchev–Trinajstić information content (AvgIpc) is 3.19. The summed E-state index contributed by atoms with van der Waals surface area (Å²) < 4.78 is 5.83. The third kappa shape index (κ3) is 4.82.